The van der Waals surface area contributed by atoms with Crippen LogP contribution in [-0.2, 0) is 6.54 Å². The molecular formula is C13H12Cl2N4. The summed E-state index contributed by atoms with van der Waals surface area (Å²) in [6.45, 7) is 2.55. The zero-order valence-corrected chi connectivity index (χ0v) is 11.8. The summed E-state index contributed by atoms with van der Waals surface area (Å²) in [5.74, 6) is 0. The van der Waals surface area contributed by atoms with Crippen molar-refractivity contribution >= 4 is 23.2 Å². The number of hydrogen-bond acceptors (Lipinski definition) is 3. The summed E-state index contributed by atoms with van der Waals surface area (Å²) < 4.78 is 1.76. The highest BCUT2D eigenvalue weighted by molar-refractivity contribution is 6.37. The third-order valence-corrected chi connectivity index (χ3v) is 3.16. The molecule has 2 rings (SSSR count). The predicted octanol–water partition coefficient (Wildman–Crippen LogP) is 3.08. The lowest BCUT2D eigenvalue weighted by atomic mass is 10.1. The summed E-state index contributed by atoms with van der Waals surface area (Å²) in [4.78, 5) is 0. The van der Waals surface area contributed by atoms with Gasteiger partial charge >= 0.3 is 0 Å². The Morgan fingerprint density at radius 3 is 2.58 bits per heavy atom. The average Bonchev–Trinajstić information content (AvgIpc) is 2.76. The van der Waals surface area contributed by atoms with Crippen LogP contribution in [0.2, 0.25) is 10.0 Å². The average molecular weight is 295 g/mol. The summed E-state index contributed by atoms with van der Waals surface area (Å²) in [5.41, 5.74) is 7.52. The molecule has 0 saturated heterocycles. The van der Waals surface area contributed by atoms with Crippen LogP contribution in [0, 0.1) is 11.3 Å². The maximum Gasteiger partial charge on any atom is 0.102 e. The molecule has 0 saturated carbocycles. The van der Waals surface area contributed by atoms with E-state index in [9.17, 15) is 0 Å². The van der Waals surface area contributed by atoms with Gasteiger partial charge in [0, 0.05) is 17.8 Å². The lowest BCUT2D eigenvalue weighted by molar-refractivity contribution is 0.540. The van der Waals surface area contributed by atoms with Crippen LogP contribution in [-0.4, -0.2) is 15.8 Å². The van der Waals surface area contributed by atoms with E-state index in [1.54, 1.807) is 16.8 Å². The molecule has 0 aliphatic rings. The second-order valence-electron chi connectivity index (χ2n) is 4.33. The number of benzene rings is 1. The summed E-state index contributed by atoms with van der Waals surface area (Å²) >= 11 is 12.0. The first-order valence-electron chi connectivity index (χ1n) is 5.70. The van der Waals surface area contributed by atoms with Gasteiger partial charge in [-0.25, -0.2) is 0 Å². The van der Waals surface area contributed by atoms with Gasteiger partial charge in [-0.05, 0) is 25.1 Å². The van der Waals surface area contributed by atoms with E-state index in [1.807, 2.05) is 25.3 Å². The maximum atomic E-state index is 8.91. The molecule has 98 valence electrons. The van der Waals surface area contributed by atoms with Gasteiger partial charge in [-0.15, -0.1) is 0 Å². The van der Waals surface area contributed by atoms with Crippen LogP contribution < -0.4 is 5.73 Å². The van der Waals surface area contributed by atoms with Gasteiger partial charge in [0.25, 0.3) is 0 Å². The Kier molecular flexibility index (Phi) is 4.11. The largest absolute Gasteiger partial charge is 0.326 e. The Hall–Kier alpha value is -1.54. The van der Waals surface area contributed by atoms with Crippen LogP contribution in [0.25, 0.3) is 11.3 Å². The molecule has 1 atom stereocenters. The molecule has 0 spiro atoms. The van der Waals surface area contributed by atoms with Gasteiger partial charge in [0.05, 0.1) is 27.8 Å². The number of hydrogen-bond donors (Lipinski definition) is 1. The van der Waals surface area contributed by atoms with Crippen molar-refractivity contribution in [2.45, 2.75) is 19.5 Å². The van der Waals surface area contributed by atoms with Gasteiger partial charge in [-0.1, -0.05) is 23.2 Å². The fraction of sp³-hybridized carbons (Fsp3) is 0.231. The van der Waals surface area contributed by atoms with E-state index in [0.29, 0.717) is 16.6 Å². The molecule has 6 heteroatoms. The molecule has 0 amide bonds. The van der Waals surface area contributed by atoms with Crippen molar-refractivity contribution in [1.82, 2.24) is 9.78 Å². The molecule has 2 aromatic rings. The Morgan fingerprint density at radius 1 is 1.42 bits per heavy atom. The van der Waals surface area contributed by atoms with Crippen molar-refractivity contribution in [3.63, 3.8) is 0 Å². The Labute approximate surface area is 121 Å². The number of nitrogens with two attached hydrogens (primary N) is 1. The molecule has 1 heterocycles. The Balaban J connectivity index is 2.37. The van der Waals surface area contributed by atoms with Gasteiger partial charge < -0.3 is 5.73 Å². The maximum absolute atomic E-state index is 8.91. The van der Waals surface area contributed by atoms with Crippen molar-refractivity contribution in [3.8, 4) is 17.3 Å². The molecule has 4 nitrogen and oxygen atoms in total. The van der Waals surface area contributed by atoms with E-state index in [-0.39, 0.29) is 11.6 Å². The van der Waals surface area contributed by atoms with E-state index < -0.39 is 0 Å². The van der Waals surface area contributed by atoms with Crippen LogP contribution in [0.5, 0.6) is 0 Å². The van der Waals surface area contributed by atoms with Gasteiger partial charge in [0.2, 0.25) is 0 Å². The second kappa shape index (κ2) is 5.62. The predicted molar refractivity (Wildman–Crippen MR) is 76.0 cm³/mol. The molecule has 0 fully saturated rings. The number of nitrogens with zero attached hydrogens (tertiary/aromatic N) is 3. The van der Waals surface area contributed by atoms with Gasteiger partial charge in [-0.3, -0.25) is 4.68 Å². The van der Waals surface area contributed by atoms with Gasteiger partial charge in [-0.2, -0.15) is 10.4 Å². The molecule has 1 aromatic carbocycles. The standard InChI is InChI=1S/C13H12Cl2N4/c1-8(17)7-19-3-2-13(18-19)9-4-11(14)10(6-16)12(15)5-9/h2-5,8H,7,17H2,1H3. The highest BCUT2D eigenvalue weighted by atomic mass is 35.5. The molecule has 0 aliphatic carbocycles. The second-order valence-corrected chi connectivity index (χ2v) is 5.14. The lowest BCUT2D eigenvalue weighted by Gasteiger charge is -2.05. The van der Waals surface area contributed by atoms with Crippen LogP contribution in [0.1, 0.15) is 12.5 Å². The summed E-state index contributed by atoms with van der Waals surface area (Å²) in [6, 6.07) is 7.22. The number of aromatic nitrogens is 2. The molecule has 0 aliphatic heterocycles. The van der Waals surface area contributed by atoms with Crippen LogP contribution in [0.3, 0.4) is 0 Å². The summed E-state index contributed by atoms with van der Waals surface area (Å²) in [7, 11) is 0. The van der Waals surface area contributed by atoms with E-state index in [0.717, 1.165) is 11.3 Å². The first kappa shape index (κ1) is 13.9. The first-order valence-corrected chi connectivity index (χ1v) is 6.45. The minimum Gasteiger partial charge on any atom is -0.326 e. The highest BCUT2D eigenvalue weighted by Gasteiger charge is 2.11. The SMILES string of the molecule is CC(N)Cn1ccc(-c2cc(Cl)c(C#N)c(Cl)c2)n1. The topological polar surface area (TPSA) is 67.6 Å². The third-order valence-electron chi connectivity index (χ3n) is 2.57. The van der Waals surface area contributed by atoms with Crippen LogP contribution >= 0.6 is 23.2 Å². The molecule has 19 heavy (non-hydrogen) atoms. The van der Waals surface area contributed by atoms with Crippen LogP contribution in [0.4, 0.5) is 0 Å². The van der Waals surface area contributed by atoms with Gasteiger partial charge in [0.15, 0.2) is 0 Å². The van der Waals surface area contributed by atoms with Crippen LogP contribution in [0.15, 0.2) is 24.4 Å². The smallest absolute Gasteiger partial charge is 0.102 e. The fourth-order valence-electron chi connectivity index (χ4n) is 1.74. The van der Waals surface area contributed by atoms with Gasteiger partial charge in [0.1, 0.15) is 6.07 Å². The third kappa shape index (κ3) is 3.07. The highest BCUT2D eigenvalue weighted by Crippen LogP contribution is 2.30. The van der Waals surface area contributed by atoms with Crippen molar-refractivity contribution < 1.29 is 0 Å². The van der Waals surface area contributed by atoms with E-state index in [1.165, 1.54) is 0 Å². The molecule has 2 N–H and O–H groups in total. The monoisotopic (exact) mass is 294 g/mol. The van der Waals surface area contributed by atoms with Crippen molar-refractivity contribution in [3.05, 3.63) is 40.0 Å². The Bertz CT molecular complexity index is 617. The minimum atomic E-state index is 0.0286. The molecule has 1 unspecified atom stereocenters. The zero-order chi connectivity index (χ0) is 14.0. The number of rotatable bonds is 3. The van der Waals surface area contributed by atoms with Crippen molar-refractivity contribution in [1.29, 1.82) is 5.26 Å². The molecule has 1 aromatic heterocycles. The lowest BCUT2D eigenvalue weighted by Crippen LogP contribution is -2.22. The van der Waals surface area contributed by atoms with Crippen molar-refractivity contribution in [2.75, 3.05) is 0 Å². The normalized spacial score (nSPS) is 12.2. The Morgan fingerprint density at radius 2 is 2.05 bits per heavy atom. The number of halogens is 2. The first-order chi connectivity index (χ1) is 9.01. The summed E-state index contributed by atoms with van der Waals surface area (Å²) in [6.07, 6.45) is 1.85. The van der Waals surface area contributed by atoms with E-state index in [4.69, 9.17) is 34.2 Å². The molecular weight excluding hydrogens is 283 g/mol. The molecule has 0 bridgehead atoms. The van der Waals surface area contributed by atoms with E-state index >= 15 is 0 Å². The minimum absolute atomic E-state index is 0.0286. The quantitative estimate of drug-likeness (QED) is 0.946. The zero-order valence-electron chi connectivity index (χ0n) is 10.3. The fourth-order valence-corrected chi connectivity index (χ4v) is 2.31. The molecule has 0 radical (unpaired) electrons. The number of nitriles is 1. The van der Waals surface area contributed by atoms with E-state index in [2.05, 4.69) is 5.10 Å². The van der Waals surface area contributed by atoms with Crippen molar-refractivity contribution in [2.24, 2.45) is 5.73 Å². The summed E-state index contributed by atoms with van der Waals surface area (Å²) in [5, 5.41) is 14.0.